The van der Waals surface area contributed by atoms with Gasteiger partial charge < -0.3 is 4.90 Å². The Morgan fingerprint density at radius 1 is 1.64 bits per heavy atom. The molecule has 0 saturated heterocycles. The van der Waals surface area contributed by atoms with E-state index in [9.17, 15) is 4.79 Å². The lowest BCUT2D eigenvalue weighted by Crippen LogP contribution is -2.22. The van der Waals surface area contributed by atoms with Crippen LogP contribution in [0.25, 0.3) is 0 Å². The fourth-order valence-corrected chi connectivity index (χ4v) is 1.95. The van der Waals surface area contributed by atoms with Crippen LogP contribution >= 0.6 is 11.3 Å². The van der Waals surface area contributed by atoms with Crippen molar-refractivity contribution in [1.82, 2.24) is 9.88 Å². The molecule has 3 nitrogen and oxygen atoms in total. The van der Waals surface area contributed by atoms with Crippen molar-refractivity contribution in [2.45, 2.75) is 26.2 Å². The fraction of sp³-hybridized carbons (Fsp3) is 0.600. The number of carbonyl (C=O) groups excluding carboxylic acids is 1. The van der Waals surface area contributed by atoms with Crippen LogP contribution in [0.4, 0.5) is 0 Å². The highest BCUT2D eigenvalue weighted by molar-refractivity contribution is 7.09. The third-order valence-corrected chi connectivity index (χ3v) is 3.26. The minimum absolute atomic E-state index is 0.0178. The van der Waals surface area contributed by atoms with Crippen LogP contribution in [-0.2, 0) is 0 Å². The lowest BCUT2D eigenvalue weighted by molar-refractivity contribution is 0.0822. The first kappa shape index (κ1) is 11.2. The SMILES string of the molecule is CCC(C)c1nc(C(=O)N(C)C)cs1. The topological polar surface area (TPSA) is 33.2 Å². The van der Waals surface area contributed by atoms with Crippen LogP contribution in [0.1, 0.15) is 41.7 Å². The zero-order valence-corrected chi connectivity index (χ0v) is 9.89. The maximum atomic E-state index is 11.5. The molecule has 1 atom stereocenters. The average Bonchev–Trinajstić information content (AvgIpc) is 2.64. The quantitative estimate of drug-likeness (QED) is 0.770. The minimum atomic E-state index is -0.0178. The van der Waals surface area contributed by atoms with Crippen molar-refractivity contribution in [2.24, 2.45) is 0 Å². The minimum Gasteiger partial charge on any atom is -0.343 e. The molecule has 0 bridgehead atoms. The number of carbonyl (C=O) groups is 1. The predicted molar refractivity (Wildman–Crippen MR) is 58.8 cm³/mol. The largest absolute Gasteiger partial charge is 0.343 e. The molecule has 1 aromatic rings. The van der Waals surface area contributed by atoms with E-state index in [0.29, 0.717) is 11.6 Å². The summed E-state index contributed by atoms with van der Waals surface area (Å²) in [6, 6.07) is 0. The highest BCUT2D eigenvalue weighted by Crippen LogP contribution is 2.22. The monoisotopic (exact) mass is 212 g/mol. The predicted octanol–water partition coefficient (Wildman–Crippen LogP) is 2.36. The Kier molecular flexibility index (Phi) is 3.63. The summed E-state index contributed by atoms with van der Waals surface area (Å²) >= 11 is 1.57. The van der Waals surface area contributed by atoms with Crippen LogP contribution in [0.2, 0.25) is 0 Å². The van der Waals surface area contributed by atoms with Gasteiger partial charge >= 0.3 is 0 Å². The van der Waals surface area contributed by atoms with Crippen molar-refractivity contribution in [3.63, 3.8) is 0 Å². The van der Waals surface area contributed by atoms with Crippen molar-refractivity contribution in [3.05, 3.63) is 16.1 Å². The van der Waals surface area contributed by atoms with Crippen LogP contribution in [0.15, 0.2) is 5.38 Å². The molecule has 0 spiro atoms. The van der Waals surface area contributed by atoms with Gasteiger partial charge in [-0.1, -0.05) is 13.8 Å². The summed E-state index contributed by atoms with van der Waals surface area (Å²) in [6.07, 6.45) is 1.06. The van der Waals surface area contributed by atoms with Crippen LogP contribution in [0.5, 0.6) is 0 Å². The molecule has 78 valence electrons. The summed E-state index contributed by atoms with van der Waals surface area (Å²) in [5, 5.41) is 2.89. The van der Waals surface area contributed by atoms with E-state index in [1.54, 1.807) is 30.3 Å². The van der Waals surface area contributed by atoms with E-state index in [4.69, 9.17) is 0 Å². The van der Waals surface area contributed by atoms with E-state index in [-0.39, 0.29) is 5.91 Å². The smallest absolute Gasteiger partial charge is 0.272 e. The number of hydrogen-bond donors (Lipinski definition) is 0. The van der Waals surface area contributed by atoms with E-state index in [1.807, 2.05) is 5.38 Å². The molecule has 0 aliphatic carbocycles. The number of aromatic nitrogens is 1. The first-order chi connectivity index (χ1) is 6.56. The maximum Gasteiger partial charge on any atom is 0.272 e. The Hall–Kier alpha value is -0.900. The normalized spacial score (nSPS) is 12.6. The van der Waals surface area contributed by atoms with E-state index in [0.717, 1.165) is 11.4 Å². The van der Waals surface area contributed by atoms with Gasteiger partial charge in [0.1, 0.15) is 5.69 Å². The maximum absolute atomic E-state index is 11.5. The third kappa shape index (κ3) is 2.32. The zero-order valence-electron chi connectivity index (χ0n) is 9.07. The average molecular weight is 212 g/mol. The second-order valence-electron chi connectivity index (χ2n) is 3.58. The van der Waals surface area contributed by atoms with Crippen LogP contribution in [0, 0.1) is 0 Å². The first-order valence-electron chi connectivity index (χ1n) is 4.73. The number of amides is 1. The third-order valence-electron chi connectivity index (χ3n) is 2.18. The van der Waals surface area contributed by atoms with Gasteiger partial charge in [0.05, 0.1) is 5.01 Å². The van der Waals surface area contributed by atoms with Gasteiger partial charge in [0.2, 0.25) is 0 Å². The van der Waals surface area contributed by atoms with Gasteiger partial charge in [0.15, 0.2) is 0 Å². The highest BCUT2D eigenvalue weighted by Gasteiger charge is 2.14. The molecule has 0 aromatic carbocycles. The highest BCUT2D eigenvalue weighted by atomic mass is 32.1. The van der Waals surface area contributed by atoms with Crippen molar-refractivity contribution in [1.29, 1.82) is 0 Å². The van der Waals surface area contributed by atoms with Gasteiger partial charge in [0, 0.05) is 25.4 Å². The molecule has 1 aromatic heterocycles. The zero-order chi connectivity index (χ0) is 10.7. The molecular weight excluding hydrogens is 196 g/mol. The first-order valence-corrected chi connectivity index (χ1v) is 5.61. The van der Waals surface area contributed by atoms with Crippen molar-refractivity contribution >= 4 is 17.2 Å². The Labute approximate surface area is 88.8 Å². The summed E-state index contributed by atoms with van der Waals surface area (Å²) in [5.74, 6) is 0.430. The lowest BCUT2D eigenvalue weighted by Gasteiger charge is -2.07. The molecule has 14 heavy (non-hydrogen) atoms. The molecular formula is C10H16N2OS. The van der Waals surface area contributed by atoms with Crippen molar-refractivity contribution in [2.75, 3.05) is 14.1 Å². The Bertz CT molecular complexity index is 320. The van der Waals surface area contributed by atoms with Gasteiger partial charge in [0.25, 0.3) is 5.91 Å². The van der Waals surface area contributed by atoms with Crippen LogP contribution < -0.4 is 0 Å². The Morgan fingerprint density at radius 2 is 2.29 bits per heavy atom. The number of hydrogen-bond acceptors (Lipinski definition) is 3. The number of thiazole rings is 1. The molecule has 0 fully saturated rings. The summed E-state index contributed by atoms with van der Waals surface area (Å²) < 4.78 is 0. The van der Waals surface area contributed by atoms with Gasteiger partial charge in [-0.15, -0.1) is 11.3 Å². The van der Waals surface area contributed by atoms with E-state index < -0.39 is 0 Å². The molecule has 1 amide bonds. The number of nitrogens with zero attached hydrogens (tertiary/aromatic N) is 2. The second-order valence-corrected chi connectivity index (χ2v) is 4.47. The standard InChI is InChI=1S/C10H16N2OS/c1-5-7(2)9-11-8(6-14-9)10(13)12(3)4/h6-7H,5H2,1-4H3. The van der Waals surface area contributed by atoms with Crippen molar-refractivity contribution < 1.29 is 4.79 Å². The molecule has 4 heteroatoms. The Balaban J connectivity index is 2.83. The summed E-state index contributed by atoms with van der Waals surface area (Å²) in [6.45, 7) is 4.25. The molecule has 0 saturated carbocycles. The number of rotatable bonds is 3. The lowest BCUT2D eigenvalue weighted by atomic mass is 10.1. The second kappa shape index (κ2) is 4.55. The van der Waals surface area contributed by atoms with E-state index >= 15 is 0 Å². The van der Waals surface area contributed by atoms with Gasteiger partial charge in [-0.05, 0) is 6.42 Å². The molecule has 0 aliphatic heterocycles. The van der Waals surface area contributed by atoms with Crippen molar-refractivity contribution in [3.8, 4) is 0 Å². The van der Waals surface area contributed by atoms with Crippen LogP contribution in [0.3, 0.4) is 0 Å². The van der Waals surface area contributed by atoms with E-state index in [2.05, 4.69) is 18.8 Å². The molecule has 0 aliphatic rings. The van der Waals surface area contributed by atoms with Gasteiger partial charge in [-0.25, -0.2) is 4.98 Å². The summed E-state index contributed by atoms with van der Waals surface area (Å²) in [7, 11) is 3.48. The molecule has 1 rings (SSSR count). The van der Waals surface area contributed by atoms with E-state index in [1.165, 1.54) is 0 Å². The van der Waals surface area contributed by atoms with Gasteiger partial charge in [-0.3, -0.25) is 4.79 Å². The molecule has 0 radical (unpaired) electrons. The molecule has 1 unspecified atom stereocenters. The Morgan fingerprint density at radius 3 is 2.79 bits per heavy atom. The van der Waals surface area contributed by atoms with Gasteiger partial charge in [-0.2, -0.15) is 0 Å². The van der Waals surface area contributed by atoms with Crippen LogP contribution in [-0.4, -0.2) is 29.9 Å². The molecule has 1 heterocycles. The summed E-state index contributed by atoms with van der Waals surface area (Å²) in [4.78, 5) is 17.4. The fourth-order valence-electron chi connectivity index (χ4n) is 1.02. The molecule has 0 N–H and O–H groups in total. The summed E-state index contributed by atoms with van der Waals surface area (Å²) in [5.41, 5.74) is 0.565.